The van der Waals surface area contributed by atoms with Crippen LogP contribution < -0.4 is 31.5 Å². The normalized spacial score (nSPS) is 12.4. The Morgan fingerprint density at radius 3 is 1.35 bits per heavy atom. The number of carbonyl (C=O) groups excluding carboxylic acids is 2. The van der Waals surface area contributed by atoms with Crippen LogP contribution in [0.15, 0.2) is 104 Å². The Hall–Kier alpha value is -9.06. The van der Waals surface area contributed by atoms with E-state index in [2.05, 4.69) is 30.9 Å². The number of imidazole rings is 2. The maximum absolute atomic E-state index is 14.4. The third-order valence-electron chi connectivity index (χ3n) is 14.3. The highest BCUT2D eigenvalue weighted by molar-refractivity contribution is 6.06. The summed E-state index contributed by atoms with van der Waals surface area (Å²) in [6.07, 6.45) is 6.57. The van der Waals surface area contributed by atoms with Gasteiger partial charge in [-0.2, -0.15) is 0 Å². The number of ether oxygens (including phenoxy) is 5. The highest BCUT2D eigenvalue weighted by Gasteiger charge is 2.28. The van der Waals surface area contributed by atoms with Crippen molar-refractivity contribution >= 4 is 55.7 Å². The molecule has 0 aliphatic carbocycles. The molecule has 8 heterocycles. The lowest BCUT2D eigenvalue weighted by Crippen LogP contribution is -2.35. The van der Waals surface area contributed by atoms with E-state index < -0.39 is 23.5 Å². The molecule has 0 aliphatic rings. The summed E-state index contributed by atoms with van der Waals surface area (Å²) >= 11 is 0. The van der Waals surface area contributed by atoms with Crippen LogP contribution in [0.1, 0.15) is 63.1 Å². The number of nitrogens with zero attached hydrogens (tertiary/aromatic N) is 10. The first-order chi connectivity index (χ1) is 39.3. The summed E-state index contributed by atoms with van der Waals surface area (Å²) in [6, 6.07) is 17.6. The molecule has 23 nitrogen and oxygen atoms in total. The molecule has 0 radical (unpaired) electrons. The van der Waals surface area contributed by atoms with Crippen molar-refractivity contribution in [2.75, 3.05) is 67.0 Å². The van der Waals surface area contributed by atoms with E-state index in [1.165, 1.54) is 9.13 Å². The number of fused-ring (bicyclic) bond motifs is 6. The van der Waals surface area contributed by atoms with Crippen molar-refractivity contribution in [3.05, 3.63) is 141 Å². The van der Waals surface area contributed by atoms with Crippen LogP contribution in [-0.2, 0) is 36.9 Å². The molecule has 0 spiro atoms. The van der Waals surface area contributed by atoms with E-state index in [9.17, 15) is 19.2 Å². The minimum atomic E-state index is -0.496. The Bertz CT molecular complexity index is 3760. The van der Waals surface area contributed by atoms with Crippen LogP contribution in [0.3, 0.4) is 0 Å². The number of amides is 2. The van der Waals surface area contributed by atoms with Gasteiger partial charge in [0.15, 0.2) is 0 Å². The van der Waals surface area contributed by atoms with E-state index in [0.717, 1.165) is 22.3 Å². The molecule has 8 aromatic heterocycles. The molecule has 2 N–H and O–H groups in total. The van der Waals surface area contributed by atoms with E-state index in [-0.39, 0.29) is 80.5 Å². The fourth-order valence-electron chi connectivity index (χ4n) is 10.4. The standard InChI is InChI=1S/C58H62N12O11.2H2/c1-33-53(37(5)80-65-33)41-25-45-39(27-49(41)75-7)55-47(29-63-45)67(57(73)69(55)35(3)43-13-9-11-15-59-43)31-51(71)61-17-19-77-21-23-79-24-22-78-20-18-62-52(72)32-68-48-30-64-46-26-42(54-34(2)66-81-38(54)6)50(76-8)28-40(46)56(48)70(58(68)74)36(4)44-14-10-12-16-60-44;;/h9-16,25-30,35-36H,17-24,31-32H2,1-8H3,(H,61,71)(H,62,72);2*1H/t35-,36-;;/m1../s1. The van der Waals surface area contributed by atoms with Gasteiger partial charge in [0.2, 0.25) is 11.8 Å². The van der Waals surface area contributed by atoms with Crippen LogP contribution >= 0.6 is 0 Å². The summed E-state index contributed by atoms with van der Waals surface area (Å²) < 4.78 is 45.9. The van der Waals surface area contributed by atoms with Crippen LogP contribution in [0.2, 0.25) is 0 Å². The largest absolute Gasteiger partial charge is 0.496 e. The maximum Gasteiger partial charge on any atom is 0.330 e. The molecule has 2 atom stereocenters. The van der Waals surface area contributed by atoms with Gasteiger partial charge in [0.05, 0.1) is 145 Å². The van der Waals surface area contributed by atoms with Gasteiger partial charge in [-0.1, -0.05) is 22.4 Å². The summed E-state index contributed by atoms with van der Waals surface area (Å²) in [5.41, 5.74) is 8.38. The Morgan fingerprint density at radius 1 is 0.580 bits per heavy atom. The van der Waals surface area contributed by atoms with Crippen LogP contribution in [0.4, 0.5) is 0 Å². The van der Waals surface area contributed by atoms with Crippen molar-refractivity contribution in [2.24, 2.45) is 0 Å². The van der Waals surface area contributed by atoms with E-state index in [1.807, 2.05) is 102 Å². The highest BCUT2D eigenvalue weighted by atomic mass is 16.5. The van der Waals surface area contributed by atoms with Gasteiger partial charge in [-0.05, 0) is 90.1 Å². The molecule has 2 aromatic carbocycles. The fourth-order valence-corrected chi connectivity index (χ4v) is 10.4. The van der Waals surface area contributed by atoms with Crippen LogP contribution in [0.5, 0.6) is 11.5 Å². The number of aryl methyl sites for hydroxylation is 4. The molecule has 0 saturated carbocycles. The van der Waals surface area contributed by atoms with Gasteiger partial charge in [-0.3, -0.25) is 47.8 Å². The predicted molar refractivity (Wildman–Crippen MR) is 305 cm³/mol. The number of pyridine rings is 4. The summed E-state index contributed by atoms with van der Waals surface area (Å²) in [7, 11) is 3.16. The molecular formula is C58H66N12O11. The molecule has 10 aromatic rings. The van der Waals surface area contributed by atoms with Crippen LogP contribution in [-0.4, -0.2) is 127 Å². The van der Waals surface area contributed by atoms with Gasteiger partial charge >= 0.3 is 11.4 Å². The van der Waals surface area contributed by atoms with Crippen LogP contribution in [0.25, 0.3) is 66.1 Å². The Balaban J connectivity index is 0.00000450. The predicted octanol–water partition coefficient (Wildman–Crippen LogP) is 7.06. The van der Waals surface area contributed by atoms with E-state index in [4.69, 9.17) is 42.7 Å². The first kappa shape index (κ1) is 55.3. The number of carbonyl (C=O) groups is 2. The van der Waals surface area contributed by atoms with Gasteiger partial charge in [0.1, 0.15) is 36.1 Å². The third kappa shape index (κ3) is 11.0. The first-order valence-corrected chi connectivity index (χ1v) is 26.5. The molecule has 0 aliphatic heterocycles. The zero-order valence-corrected chi connectivity index (χ0v) is 46.3. The average Bonchev–Trinajstić information content (AvgIpc) is 4.34. The summed E-state index contributed by atoms with van der Waals surface area (Å²) in [5.74, 6) is 1.58. The zero-order chi connectivity index (χ0) is 56.9. The van der Waals surface area contributed by atoms with Gasteiger partial charge < -0.3 is 43.4 Å². The van der Waals surface area contributed by atoms with E-state index in [1.54, 1.807) is 48.1 Å². The Kier molecular flexibility index (Phi) is 16.5. The molecular weight excluding hydrogens is 1040 g/mol. The fraction of sp³-hybridized carbons (Fsp3) is 0.345. The summed E-state index contributed by atoms with van der Waals surface area (Å²) in [6.45, 7) is 12.6. The second kappa shape index (κ2) is 24.1. The smallest absolute Gasteiger partial charge is 0.330 e. The third-order valence-corrected chi connectivity index (χ3v) is 14.3. The van der Waals surface area contributed by atoms with Gasteiger partial charge in [-0.25, -0.2) is 9.59 Å². The first-order valence-electron chi connectivity index (χ1n) is 26.5. The second-order valence-electron chi connectivity index (χ2n) is 19.4. The number of benzene rings is 2. The minimum absolute atomic E-state index is 0. The number of hydrogen-bond acceptors (Lipinski definition) is 17. The molecule has 2 amide bonds. The molecule has 424 valence electrons. The Morgan fingerprint density at radius 2 is 0.988 bits per heavy atom. The Labute approximate surface area is 466 Å². The number of aromatic nitrogens is 10. The van der Waals surface area contributed by atoms with Crippen molar-refractivity contribution in [1.82, 2.24) is 59.2 Å². The minimum Gasteiger partial charge on any atom is -0.496 e. The lowest BCUT2D eigenvalue weighted by atomic mass is 10.00. The molecule has 0 fully saturated rings. The molecule has 0 unspecified atom stereocenters. The highest BCUT2D eigenvalue weighted by Crippen LogP contribution is 2.41. The van der Waals surface area contributed by atoms with Crippen LogP contribution in [0, 0.1) is 27.7 Å². The zero-order valence-electron chi connectivity index (χ0n) is 46.3. The SMILES string of the molecule is COc1cc2c(cc1-c1c(C)noc1C)ncc1c2n([C@H](C)c2ccccn2)c(=O)n1CC(=O)NCCOCCOCCOCCNC(=O)Cn1c(=O)n([C@H](C)c2ccccn2)c2c3cc(OC)c(-c4c(C)noc4C)cc3ncc21.[HH].[HH]. The number of rotatable bonds is 24. The second-order valence-corrected chi connectivity index (χ2v) is 19.4. The molecule has 0 saturated heterocycles. The van der Waals surface area contributed by atoms with Crippen molar-refractivity contribution in [3.8, 4) is 33.8 Å². The lowest BCUT2D eigenvalue weighted by Gasteiger charge is -2.15. The quantitative estimate of drug-likeness (QED) is 0.0574. The van der Waals surface area contributed by atoms with Crippen molar-refractivity contribution in [1.29, 1.82) is 0 Å². The van der Waals surface area contributed by atoms with Gasteiger partial charge in [0.25, 0.3) is 0 Å². The van der Waals surface area contributed by atoms with Gasteiger partial charge in [0, 0.05) is 50.2 Å². The lowest BCUT2D eigenvalue weighted by molar-refractivity contribution is -0.122. The molecule has 0 bridgehead atoms. The maximum atomic E-state index is 14.4. The van der Waals surface area contributed by atoms with Crippen molar-refractivity contribution < 1.29 is 45.2 Å². The molecule has 81 heavy (non-hydrogen) atoms. The van der Waals surface area contributed by atoms with E-state index in [0.29, 0.717) is 89.7 Å². The van der Waals surface area contributed by atoms with Crippen molar-refractivity contribution in [2.45, 2.75) is 66.7 Å². The number of nitrogens with one attached hydrogen (secondary N) is 2. The number of hydrogen-bond donors (Lipinski definition) is 2. The summed E-state index contributed by atoms with van der Waals surface area (Å²) in [5, 5.41) is 15.3. The number of methoxy groups -OCH3 is 2. The monoisotopic (exact) mass is 1110 g/mol. The van der Waals surface area contributed by atoms with Gasteiger partial charge in [-0.15, -0.1) is 0 Å². The topological polar surface area (TPSA) is 262 Å². The van der Waals surface area contributed by atoms with E-state index >= 15 is 0 Å². The average molecular weight is 1110 g/mol. The molecule has 23 heteroatoms. The summed E-state index contributed by atoms with van der Waals surface area (Å²) in [4.78, 5) is 74.2. The molecule has 10 rings (SSSR count). The van der Waals surface area contributed by atoms with Crippen molar-refractivity contribution in [3.63, 3.8) is 0 Å².